The predicted octanol–water partition coefficient (Wildman–Crippen LogP) is 13.8. The minimum Gasteiger partial charge on any atom is -0.454 e. The van der Waals surface area contributed by atoms with Crippen LogP contribution in [0.15, 0.2) is 60.8 Å². The second-order valence-electron chi connectivity index (χ2n) is 20.7. The molecule has 1 saturated heterocycles. The van der Waals surface area contributed by atoms with Crippen LogP contribution >= 0.6 is 0 Å². The Balaban J connectivity index is 2.75. The summed E-state index contributed by atoms with van der Waals surface area (Å²) in [6.07, 6.45) is 51.1. The van der Waals surface area contributed by atoms with E-state index in [0.29, 0.717) is 12.8 Å². The van der Waals surface area contributed by atoms with Crippen molar-refractivity contribution in [1.29, 1.82) is 0 Å². The summed E-state index contributed by atoms with van der Waals surface area (Å²) in [5, 5.41) is 56.9. The molecule has 6 N–H and O–H groups in total. The summed E-state index contributed by atoms with van der Waals surface area (Å²) >= 11 is 0. The fourth-order valence-electron chi connectivity index (χ4n) is 9.10. The zero-order valence-corrected chi connectivity index (χ0v) is 46.7. The molecule has 1 rings (SSSR count). The standard InChI is InChI=1S/C62H111NO10/c1-4-7-10-13-16-19-22-25-26-27-28-29-32-34-37-40-43-46-49-55(66)61(70)63-53(54(65)48-45-42-39-36-33-30-23-20-17-14-11-8-5-2)52-71-62-60(59(69)58(68)56(51-64)72-62)73-57(67)50-47-44-41-38-35-31-24-21-18-15-12-9-6-3/h16,19,25-26,28-29,34,37,45,48,53-56,58-60,62,64-66,68-69H,4-15,17-18,20-24,27,30-33,35-36,38-44,46-47,49-52H2,1-3H3,(H,63,70)/b19-16-,26-25-,29-28-,37-34-,48-45+. The molecule has 1 heterocycles. The summed E-state index contributed by atoms with van der Waals surface area (Å²) in [6.45, 7) is 5.74. The summed E-state index contributed by atoms with van der Waals surface area (Å²) in [6, 6.07) is -1.04. The van der Waals surface area contributed by atoms with Crippen molar-refractivity contribution < 1.29 is 49.3 Å². The van der Waals surface area contributed by atoms with E-state index in [1.54, 1.807) is 6.08 Å². The highest BCUT2D eigenvalue weighted by Gasteiger charge is 2.47. The summed E-state index contributed by atoms with van der Waals surface area (Å²) in [5.41, 5.74) is 0. The zero-order valence-electron chi connectivity index (χ0n) is 46.7. The Morgan fingerprint density at radius 2 is 0.945 bits per heavy atom. The van der Waals surface area contributed by atoms with Gasteiger partial charge in [0.25, 0.3) is 0 Å². The molecule has 0 aliphatic carbocycles. The van der Waals surface area contributed by atoms with Crippen LogP contribution in [0.1, 0.15) is 258 Å². The molecule has 0 aromatic rings. The number of hydrogen-bond acceptors (Lipinski definition) is 10. The molecule has 11 nitrogen and oxygen atoms in total. The summed E-state index contributed by atoms with van der Waals surface area (Å²) in [7, 11) is 0. The molecule has 0 radical (unpaired) electrons. The van der Waals surface area contributed by atoms with Crippen LogP contribution in [0.3, 0.4) is 0 Å². The molecule has 0 bridgehead atoms. The Kier molecular flexibility index (Phi) is 47.0. The molecule has 1 amide bonds. The van der Waals surface area contributed by atoms with Gasteiger partial charge in [-0.3, -0.25) is 9.59 Å². The average molecular weight is 1030 g/mol. The minimum atomic E-state index is -1.62. The van der Waals surface area contributed by atoms with Gasteiger partial charge in [-0.25, -0.2) is 0 Å². The SMILES string of the molecule is CCCCC/C=C\C/C=C\C/C=C\C/C=C\CCCCC(O)C(=O)NC(COC1OC(CO)C(O)C(O)C1OC(=O)CCCCCCCCCCCCCCC)C(O)/C=C/CCCCCCCCCCCCC. The first-order valence-electron chi connectivity index (χ1n) is 30.1. The van der Waals surface area contributed by atoms with Crippen molar-refractivity contribution in [3.8, 4) is 0 Å². The highest BCUT2D eigenvalue weighted by Crippen LogP contribution is 2.26. The van der Waals surface area contributed by atoms with E-state index in [1.165, 1.54) is 135 Å². The van der Waals surface area contributed by atoms with Gasteiger partial charge in [-0.05, 0) is 70.6 Å². The number of hydrogen-bond donors (Lipinski definition) is 6. The lowest BCUT2D eigenvalue weighted by atomic mass is 9.99. The van der Waals surface area contributed by atoms with E-state index in [0.717, 1.165) is 77.0 Å². The van der Waals surface area contributed by atoms with Crippen LogP contribution in [-0.4, -0.2) is 99.6 Å². The first kappa shape index (κ1) is 68.4. The van der Waals surface area contributed by atoms with Crippen LogP contribution in [0.5, 0.6) is 0 Å². The second-order valence-corrected chi connectivity index (χ2v) is 20.7. The van der Waals surface area contributed by atoms with Crippen LogP contribution in [0.25, 0.3) is 0 Å². The zero-order chi connectivity index (χ0) is 53.3. The van der Waals surface area contributed by atoms with Gasteiger partial charge >= 0.3 is 5.97 Å². The van der Waals surface area contributed by atoms with Crippen molar-refractivity contribution in [2.45, 2.75) is 307 Å². The Labute approximate surface area is 446 Å². The number of nitrogens with one attached hydrogen (secondary N) is 1. The van der Waals surface area contributed by atoms with Gasteiger partial charge in [-0.1, -0.05) is 242 Å². The van der Waals surface area contributed by atoms with Crippen molar-refractivity contribution in [3.63, 3.8) is 0 Å². The molecule has 73 heavy (non-hydrogen) atoms. The monoisotopic (exact) mass is 1030 g/mol. The molecular weight excluding hydrogens is 919 g/mol. The Morgan fingerprint density at radius 1 is 0.534 bits per heavy atom. The van der Waals surface area contributed by atoms with E-state index in [-0.39, 0.29) is 19.4 Å². The molecule has 1 fully saturated rings. The van der Waals surface area contributed by atoms with Crippen molar-refractivity contribution >= 4 is 11.9 Å². The van der Waals surface area contributed by atoms with Crippen molar-refractivity contribution in [2.24, 2.45) is 0 Å². The lowest BCUT2D eigenvalue weighted by Crippen LogP contribution is -2.61. The highest BCUT2D eigenvalue weighted by atomic mass is 16.7. The highest BCUT2D eigenvalue weighted by molar-refractivity contribution is 5.80. The third kappa shape index (κ3) is 38.5. The molecule has 11 heteroatoms. The van der Waals surface area contributed by atoms with Crippen molar-refractivity contribution in [2.75, 3.05) is 13.2 Å². The molecule has 1 aliphatic rings. The maximum absolute atomic E-state index is 13.4. The number of rotatable bonds is 50. The molecular formula is C62H111NO10. The van der Waals surface area contributed by atoms with Gasteiger partial charge in [0.15, 0.2) is 12.4 Å². The molecule has 0 spiro atoms. The van der Waals surface area contributed by atoms with Crippen LogP contribution in [-0.2, 0) is 23.8 Å². The topological polar surface area (TPSA) is 175 Å². The van der Waals surface area contributed by atoms with E-state index >= 15 is 0 Å². The maximum atomic E-state index is 13.4. The van der Waals surface area contributed by atoms with E-state index in [4.69, 9.17) is 14.2 Å². The first-order valence-corrected chi connectivity index (χ1v) is 30.1. The van der Waals surface area contributed by atoms with Gasteiger partial charge in [-0.15, -0.1) is 0 Å². The normalized spacial score (nSPS) is 19.8. The first-order chi connectivity index (χ1) is 35.7. The second kappa shape index (κ2) is 50.2. The number of allylic oxidation sites excluding steroid dienone is 9. The van der Waals surface area contributed by atoms with Gasteiger partial charge in [0.2, 0.25) is 5.91 Å². The number of carbonyl (C=O) groups is 2. The molecule has 0 saturated carbocycles. The van der Waals surface area contributed by atoms with E-state index in [1.807, 2.05) is 6.08 Å². The lowest BCUT2D eigenvalue weighted by molar-refractivity contribution is -0.305. The van der Waals surface area contributed by atoms with Crippen molar-refractivity contribution in [3.05, 3.63) is 60.8 Å². The Hall–Kier alpha value is -2.64. The number of ether oxygens (including phenoxy) is 3. The largest absolute Gasteiger partial charge is 0.454 e. The summed E-state index contributed by atoms with van der Waals surface area (Å²) < 4.78 is 17.6. The molecule has 0 aromatic heterocycles. The molecule has 424 valence electrons. The maximum Gasteiger partial charge on any atom is 0.306 e. The number of unbranched alkanes of at least 4 members (excludes halogenated alkanes) is 28. The fraction of sp³-hybridized carbons (Fsp3) is 0.806. The number of esters is 1. The van der Waals surface area contributed by atoms with Crippen LogP contribution < -0.4 is 5.32 Å². The number of amides is 1. The van der Waals surface area contributed by atoms with E-state index in [9.17, 15) is 35.1 Å². The van der Waals surface area contributed by atoms with Crippen LogP contribution in [0.4, 0.5) is 0 Å². The van der Waals surface area contributed by atoms with Gasteiger partial charge in [0, 0.05) is 6.42 Å². The quantitative estimate of drug-likeness (QED) is 0.0195. The molecule has 8 unspecified atom stereocenters. The average Bonchev–Trinajstić information content (AvgIpc) is 3.39. The van der Waals surface area contributed by atoms with Gasteiger partial charge in [0.05, 0.1) is 25.4 Å². The predicted molar refractivity (Wildman–Crippen MR) is 301 cm³/mol. The van der Waals surface area contributed by atoms with Crippen molar-refractivity contribution in [1.82, 2.24) is 5.32 Å². The van der Waals surface area contributed by atoms with Gasteiger partial charge in [-0.2, -0.15) is 0 Å². The summed E-state index contributed by atoms with van der Waals surface area (Å²) in [4.78, 5) is 26.5. The molecule has 1 aliphatic heterocycles. The number of aliphatic hydroxyl groups is 5. The van der Waals surface area contributed by atoms with E-state index < -0.39 is 67.4 Å². The van der Waals surface area contributed by atoms with Gasteiger partial charge in [0.1, 0.15) is 24.4 Å². The fourth-order valence-corrected chi connectivity index (χ4v) is 9.10. The smallest absolute Gasteiger partial charge is 0.306 e. The molecule has 8 atom stereocenters. The van der Waals surface area contributed by atoms with Crippen LogP contribution in [0.2, 0.25) is 0 Å². The van der Waals surface area contributed by atoms with E-state index in [2.05, 4.69) is 74.7 Å². The van der Waals surface area contributed by atoms with Crippen LogP contribution in [0, 0.1) is 0 Å². The summed E-state index contributed by atoms with van der Waals surface area (Å²) in [5.74, 6) is -1.22. The molecule has 0 aromatic carbocycles. The Morgan fingerprint density at radius 3 is 1.44 bits per heavy atom. The third-order valence-electron chi connectivity index (χ3n) is 13.9. The van der Waals surface area contributed by atoms with Gasteiger partial charge < -0.3 is 45.1 Å². The lowest BCUT2D eigenvalue weighted by Gasteiger charge is -2.41. The third-order valence-corrected chi connectivity index (χ3v) is 13.9. The minimum absolute atomic E-state index is 0.121. The Bertz CT molecular complexity index is 1420. The number of aliphatic hydroxyl groups excluding tert-OH is 5. The number of carbonyl (C=O) groups excluding carboxylic acids is 2.